The number of carbonyl (C=O) groups excluding carboxylic acids is 1. The number of amides is 1. The van der Waals surface area contributed by atoms with E-state index < -0.39 is 0 Å². The van der Waals surface area contributed by atoms with Crippen LogP contribution >= 0.6 is 0 Å². The van der Waals surface area contributed by atoms with Crippen molar-refractivity contribution in [3.8, 4) is 0 Å². The Labute approximate surface area is 166 Å². The van der Waals surface area contributed by atoms with Crippen LogP contribution in [0.2, 0.25) is 0 Å². The molecule has 28 heavy (non-hydrogen) atoms. The van der Waals surface area contributed by atoms with Crippen molar-refractivity contribution in [1.29, 1.82) is 0 Å². The Hall–Kier alpha value is -3.40. The van der Waals surface area contributed by atoms with E-state index >= 15 is 0 Å². The van der Waals surface area contributed by atoms with Crippen LogP contribution < -0.4 is 5.32 Å². The highest BCUT2D eigenvalue weighted by molar-refractivity contribution is 5.95. The molecule has 0 unspecified atom stereocenters. The highest BCUT2D eigenvalue weighted by Gasteiger charge is 2.17. The van der Waals surface area contributed by atoms with E-state index in [1.54, 1.807) is 12.1 Å². The van der Waals surface area contributed by atoms with Crippen LogP contribution in [0.15, 0.2) is 95.0 Å². The standard InChI is InChI=1S/C24H24N2O2/c1-18-13-15-21(16-14-18)23(27)26-24(28-17-19-9-5-3-6-10-19)22(25-2)20-11-7-4-8-12-20/h3-7,9-11,13-16H,2,8,12,17H2,1H3,(H,26,27)/b24-22-. The monoisotopic (exact) mass is 372 g/mol. The molecule has 0 radical (unpaired) electrons. The van der Waals surface area contributed by atoms with Crippen molar-refractivity contribution in [3.63, 3.8) is 0 Å². The number of benzene rings is 2. The Morgan fingerprint density at radius 1 is 1.14 bits per heavy atom. The average molecular weight is 372 g/mol. The topological polar surface area (TPSA) is 50.7 Å². The maximum absolute atomic E-state index is 12.8. The molecule has 0 aromatic heterocycles. The molecule has 0 saturated heterocycles. The van der Waals surface area contributed by atoms with Crippen molar-refractivity contribution in [2.45, 2.75) is 26.4 Å². The number of aliphatic imine (C=N–C) groups is 1. The Balaban J connectivity index is 1.88. The van der Waals surface area contributed by atoms with E-state index in [2.05, 4.69) is 23.1 Å². The van der Waals surface area contributed by atoms with Gasteiger partial charge in [0.25, 0.3) is 5.91 Å². The van der Waals surface area contributed by atoms with Gasteiger partial charge in [-0.15, -0.1) is 0 Å². The molecule has 1 aliphatic carbocycles. The third-order valence-corrected chi connectivity index (χ3v) is 4.46. The van der Waals surface area contributed by atoms with Gasteiger partial charge in [0.05, 0.1) is 0 Å². The van der Waals surface area contributed by atoms with Gasteiger partial charge in [-0.3, -0.25) is 15.1 Å². The summed E-state index contributed by atoms with van der Waals surface area (Å²) in [5, 5.41) is 2.89. The van der Waals surface area contributed by atoms with Crippen LogP contribution in [0.3, 0.4) is 0 Å². The van der Waals surface area contributed by atoms with Crippen molar-refractivity contribution in [2.24, 2.45) is 4.99 Å². The van der Waals surface area contributed by atoms with E-state index in [-0.39, 0.29) is 5.91 Å². The summed E-state index contributed by atoms with van der Waals surface area (Å²) in [6.07, 6.45) is 7.81. The van der Waals surface area contributed by atoms with Gasteiger partial charge in [0.1, 0.15) is 12.3 Å². The van der Waals surface area contributed by atoms with E-state index in [9.17, 15) is 4.79 Å². The second-order valence-electron chi connectivity index (χ2n) is 6.59. The lowest BCUT2D eigenvalue weighted by Crippen LogP contribution is -2.26. The Morgan fingerprint density at radius 3 is 2.54 bits per heavy atom. The van der Waals surface area contributed by atoms with Crippen LogP contribution in [0.1, 0.15) is 34.3 Å². The SMILES string of the molecule is C=N/C(C1=CC=CCC1)=C(/NC(=O)c1ccc(C)cc1)OCc1ccccc1. The number of hydrogen-bond acceptors (Lipinski definition) is 3. The Kier molecular flexibility index (Phi) is 6.58. The Bertz CT molecular complexity index is 923. The largest absolute Gasteiger partial charge is 0.473 e. The molecule has 0 aliphatic heterocycles. The van der Waals surface area contributed by atoms with E-state index in [0.29, 0.717) is 23.8 Å². The second-order valence-corrected chi connectivity index (χ2v) is 6.59. The van der Waals surface area contributed by atoms with Crippen LogP contribution in [-0.2, 0) is 11.3 Å². The lowest BCUT2D eigenvalue weighted by atomic mass is 10.0. The smallest absolute Gasteiger partial charge is 0.258 e. The van der Waals surface area contributed by atoms with Crippen molar-refractivity contribution >= 4 is 12.6 Å². The summed E-state index contributed by atoms with van der Waals surface area (Å²) in [4.78, 5) is 16.9. The first kappa shape index (κ1) is 19.4. The maximum atomic E-state index is 12.8. The van der Waals surface area contributed by atoms with Crippen LogP contribution in [0, 0.1) is 6.92 Å². The first-order chi connectivity index (χ1) is 13.7. The predicted octanol–water partition coefficient (Wildman–Crippen LogP) is 5.09. The van der Waals surface area contributed by atoms with Crippen molar-refractivity contribution in [1.82, 2.24) is 5.32 Å². The molecule has 0 heterocycles. The molecule has 1 N–H and O–H groups in total. The highest BCUT2D eigenvalue weighted by Crippen LogP contribution is 2.24. The third kappa shape index (κ3) is 5.07. The van der Waals surface area contributed by atoms with Gasteiger partial charge < -0.3 is 4.74 Å². The molecule has 0 bridgehead atoms. The fourth-order valence-corrected chi connectivity index (χ4v) is 2.89. The van der Waals surface area contributed by atoms with Crippen LogP contribution in [0.25, 0.3) is 0 Å². The lowest BCUT2D eigenvalue weighted by molar-refractivity contribution is 0.0907. The summed E-state index contributed by atoms with van der Waals surface area (Å²) in [6.45, 7) is 6.01. The number of nitrogens with zero attached hydrogens (tertiary/aromatic N) is 1. The summed E-state index contributed by atoms with van der Waals surface area (Å²) in [6, 6.07) is 17.2. The average Bonchev–Trinajstić information content (AvgIpc) is 2.74. The predicted molar refractivity (Wildman–Crippen MR) is 113 cm³/mol. The fraction of sp³-hybridized carbons (Fsp3) is 0.167. The minimum absolute atomic E-state index is 0.240. The molecule has 4 nitrogen and oxygen atoms in total. The third-order valence-electron chi connectivity index (χ3n) is 4.46. The molecular formula is C24H24N2O2. The lowest BCUT2D eigenvalue weighted by Gasteiger charge is -2.17. The molecule has 0 spiro atoms. The summed E-state index contributed by atoms with van der Waals surface area (Å²) in [5.41, 5.74) is 4.23. The molecule has 0 saturated carbocycles. The van der Waals surface area contributed by atoms with Crippen LogP contribution in [0.4, 0.5) is 0 Å². The molecule has 4 heteroatoms. The van der Waals surface area contributed by atoms with Gasteiger partial charge in [0.2, 0.25) is 5.88 Å². The van der Waals surface area contributed by atoms with Gasteiger partial charge in [-0.2, -0.15) is 0 Å². The number of hydrogen-bond donors (Lipinski definition) is 1. The summed E-state index contributed by atoms with van der Waals surface area (Å²) in [7, 11) is 0. The highest BCUT2D eigenvalue weighted by atomic mass is 16.5. The molecule has 0 atom stereocenters. The normalized spacial score (nSPS) is 14.0. The quantitative estimate of drug-likeness (QED) is 0.544. The molecule has 2 aromatic carbocycles. The maximum Gasteiger partial charge on any atom is 0.258 e. The van der Waals surface area contributed by atoms with Gasteiger partial charge in [-0.05, 0) is 49.8 Å². The molecule has 3 rings (SSSR count). The number of carbonyl (C=O) groups is 1. The molecule has 2 aromatic rings. The zero-order valence-corrected chi connectivity index (χ0v) is 16.0. The zero-order valence-electron chi connectivity index (χ0n) is 16.0. The number of aryl methyl sites for hydroxylation is 1. The van der Waals surface area contributed by atoms with Gasteiger partial charge in [0, 0.05) is 5.56 Å². The van der Waals surface area contributed by atoms with Gasteiger partial charge in [-0.25, -0.2) is 0 Å². The van der Waals surface area contributed by atoms with E-state index in [0.717, 1.165) is 29.5 Å². The second kappa shape index (κ2) is 9.51. The first-order valence-electron chi connectivity index (χ1n) is 9.29. The fourth-order valence-electron chi connectivity index (χ4n) is 2.89. The van der Waals surface area contributed by atoms with E-state index in [4.69, 9.17) is 4.74 Å². The minimum atomic E-state index is -0.240. The Morgan fingerprint density at radius 2 is 1.89 bits per heavy atom. The number of ether oxygens (including phenoxy) is 1. The van der Waals surface area contributed by atoms with Gasteiger partial charge >= 0.3 is 0 Å². The molecule has 142 valence electrons. The van der Waals surface area contributed by atoms with E-state index in [1.807, 2.05) is 61.5 Å². The number of rotatable bonds is 7. The van der Waals surface area contributed by atoms with E-state index in [1.165, 1.54) is 0 Å². The van der Waals surface area contributed by atoms with Crippen LogP contribution in [-0.4, -0.2) is 12.6 Å². The van der Waals surface area contributed by atoms with Gasteiger partial charge in [-0.1, -0.05) is 66.3 Å². The summed E-state index contributed by atoms with van der Waals surface area (Å²) < 4.78 is 6.00. The van der Waals surface area contributed by atoms with Crippen molar-refractivity contribution in [2.75, 3.05) is 0 Å². The summed E-state index contributed by atoms with van der Waals surface area (Å²) >= 11 is 0. The number of nitrogens with one attached hydrogen (secondary N) is 1. The number of allylic oxidation sites excluding steroid dienone is 4. The first-order valence-corrected chi connectivity index (χ1v) is 9.29. The molecule has 1 amide bonds. The van der Waals surface area contributed by atoms with Gasteiger partial charge in [0.15, 0.2) is 0 Å². The molecule has 0 fully saturated rings. The van der Waals surface area contributed by atoms with Crippen LogP contribution in [0.5, 0.6) is 0 Å². The van der Waals surface area contributed by atoms with Crippen molar-refractivity contribution < 1.29 is 9.53 Å². The molecular weight excluding hydrogens is 348 g/mol. The minimum Gasteiger partial charge on any atom is -0.473 e. The zero-order chi connectivity index (χ0) is 19.8. The molecule has 1 aliphatic rings. The van der Waals surface area contributed by atoms with Crippen molar-refractivity contribution in [3.05, 3.63) is 107 Å². The summed E-state index contributed by atoms with van der Waals surface area (Å²) in [5.74, 6) is 0.0853.